The molecule has 0 aromatic carbocycles. The van der Waals surface area contributed by atoms with E-state index in [4.69, 9.17) is 5.73 Å². The van der Waals surface area contributed by atoms with Crippen LogP contribution >= 0.6 is 0 Å². The lowest BCUT2D eigenvalue weighted by Crippen LogP contribution is -2.41. The van der Waals surface area contributed by atoms with E-state index >= 15 is 0 Å². The Hall–Kier alpha value is -0.570. The molecule has 0 spiro atoms. The van der Waals surface area contributed by atoms with Crippen LogP contribution in [0.25, 0.3) is 0 Å². The Morgan fingerprint density at radius 3 is 2.05 bits per heavy atom. The average molecular weight is 280 g/mol. The van der Waals surface area contributed by atoms with Gasteiger partial charge in [0.05, 0.1) is 0 Å². The molecule has 3 nitrogen and oxygen atoms in total. The van der Waals surface area contributed by atoms with Crippen molar-refractivity contribution in [2.45, 2.75) is 89.6 Å². The van der Waals surface area contributed by atoms with E-state index in [0.29, 0.717) is 17.9 Å². The van der Waals surface area contributed by atoms with Crippen LogP contribution in [-0.4, -0.2) is 18.0 Å². The zero-order valence-corrected chi connectivity index (χ0v) is 13.1. The van der Waals surface area contributed by atoms with Crippen LogP contribution in [0.15, 0.2) is 0 Å². The topological polar surface area (TPSA) is 55.1 Å². The zero-order valence-electron chi connectivity index (χ0n) is 13.1. The Labute approximate surface area is 124 Å². The van der Waals surface area contributed by atoms with Gasteiger partial charge in [0, 0.05) is 18.0 Å². The van der Waals surface area contributed by atoms with E-state index < -0.39 is 0 Å². The summed E-state index contributed by atoms with van der Waals surface area (Å²) in [6, 6.07) is 0.721. The molecule has 2 aliphatic rings. The molecular formula is C17H32N2O. The first kappa shape index (κ1) is 15.8. The standard InChI is InChI=1S/C17H32N2O/c1-13(18)14-9-11-15(12-10-14)17(20)19-16-7-5-3-2-4-6-8-16/h13-16H,2-12,18H2,1H3,(H,19,20)/t13-,14?,15?/m1/s1. The Balaban J connectivity index is 1.74. The number of nitrogens with one attached hydrogen (secondary N) is 1. The third kappa shape index (κ3) is 4.76. The smallest absolute Gasteiger partial charge is 0.223 e. The van der Waals surface area contributed by atoms with Crippen LogP contribution in [0.4, 0.5) is 0 Å². The van der Waals surface area contributed by atoms with Crippen LogP contribution in [-0.2, 0) is 4.79 Å². The molecule has 0 aromatic heterocycles. The van der Waals surface area contributed by atoms with Crippen molar-refractivity contribution in [1.29, 1.82) is 0 Å². The lowest BCUT2D eigenvalue weighted by Gasteiger charge is -2.31. The van der Waals surface area contributed by atoms with Crippen LogP contribution in [0.5, 0.6) is 0 Å². The highest BCUT2D eigenvalue weighted by Gasteiger charge is 2.28. The maximum atomic E-state index is 12.4. The molecule has 2 rings (SSSR count). The monoisotopic (exact) mass is 280 g/mol. The van der Waals surface area contributed by atoms with E-state index in [2.05, 4.69) is 12.2 Å². The maximum Gasteiger partial charge on any atom is 0.223 e. The summed E-state index contributed by atoms with van der Waals surface area (Å²) in [5.41, 5.74) is 5.97. The van der Waals surface area contributed by atoms with Crippen LogP contribution in [0.3, 0.4) is 0 Å². The lowest BCUT2D eigenvalue weighted by molar-refractivity contribution is -0.127. The summed E-state index contributed by atoms with van der Waals surface area (Å²) in [6.07, 6.45) is 13.3. The Morgan fingerprint density at radius 1 is 0.950 bits per heavy atom. The Morgan fingerprint density at radius 2 is 1.50 bits per heavy atom. The molecule has 0 saturated heterocycles. The van der Waals surface area contributed by atoms with Crippen molar-refractivity contribution >= 4 is 5.91 Å². The first-order chi connectivity index (χ1) is 9.66. The van der Waals surface area contributed by atoms with E-state index in [-0.39, 0.29) is 12.0 Å². The number of rotatable bonds is 3. The van der Waals surface area contributed by atoms with Gasteiger partial charge in [0.2, 0.25) is 5.91 Å². The summed E-state index contributed by atoms with van der Waals surface area (Å²) >= 11 is 0. The second-order valence-corrected chi connectivity index (χ2v) is 7.02. The van der Waals surface area contributed by atoms with Gasteiger partial charge in [-0.15, -0.1) is 0 Å². The molecule has 20 heavy (non-hydrogen) atoms. The first-order valence-corrected chi connectivity index (χ1v) is 8.72. The normalized spacial score (nSPS) is 31.1. The number of hydrogen-bond donors (Lipinski definition) is 2. The first-order valence-electron chi connectivity index (χ1n) is 8.72. The van der Waals surface area contributed by atoms with Gasteiger partial charge in [0.25, 0.3) is 0 Å². The van der Waals surface area contributed by atoms with Crippen molar-refractivity contribution in [3.63, 3.8) is 0 Å². The molecule has 0 aromatic rings. The third-order valence-corrected chi connectivity index (χ3v) is 5.34. The number of nitrogens with two attached hydrogens (primary N) is 1. The molecule has 2 saturated carbocycles. The van der Waals surface area contributed by atoms with Gasteiger partial charge in [0.1, 0.15) is 0 Å². The molecule has 1 amide bonds. The molecule has 2 fully saturated rings. The van der Waals surface area contributed by atoms with Gasteiger partial charge in [-0.2, -0.15) is 0 Å². The summed E-state index contributed by atoms with van der Waals surface area (Å²) in [5.74, 6) is 1.19. The molecule has 0 radical (unpaired) electrons. The summed E-state index contributed by atoms with van der Waals surface area (Å²) in [5, 5.41) is 3.33. The molecule has 3 heteroatoms. The molecule has 0 bridgehead atoms. The van der Waals surface area contributed by atoms with Crippen molar-refractivity contribution < 1.29 is 4.79 Å². The molecule has 0 unspecified atom stereocenters. The fraction of sp³-hybridized carbons (Fsp3) is 0.941. The van der Waals surface area contributed by atoms with Crippen molar-refractivity contribution in [3.8, 4) is 0 Å². The van der Waals surface area contributed by atoms with Crippen LogP contribution in [0.1, 0.15) is 77.6 Å². The average Bonchev–Trinajstić information content (AvgIpc) is 2.41. The summed E-state index contributed by atoms with van der Waals surface area (Å²) < 4.78 is 0. The SMILES string of the molecule is C[C@@H](N)C1CCC(C(=O)NC2CCCCCCC2)CC1. The quantitative estimate of drug-likeness (QED) is 0.833. The summed E-state index contributed by atoms with van der Waals surface area (Å²) in [7, 11) is 0. The van der Waals surface area contributed by atoms with Gasteiger partial charge in [-0.05, 0) is 51.4 Å². The minimum absolute atomic E-state index is 0.246. The fourth-order valence-electron chi connectivity index (χ4n) is 3.83. The van der Waals surface area contributed by atoms with E-state index in [1.807, 2.05) is 0 Å². The number of carbonyl (C=O) groups excluding carboxylic acids is 1. The highest BCUT2D eigenvalue weighted by Crippen LogP contribution is 2.30. The zero-order chi connectivity index (χ0) is 14.4. The second-order valence-electron chi connectivity index (χ2n) is 7.02. The van der Waals surface area contributed by atoms with Gasteiger partial charge in [0.15, 0.2) is 0 Å². The molecule has 1 atom stereocenters. The van der Waals surface area contributed by atoms with Gasteiger partial charge < -0.3 is 11.1 Å². The minimum Gasteiger partial charge on any atom is -0.353 e. The van der Waals surface area contributed by atoms with E-state index in [9.17, 15) is 4.79 Å². The van der Waals surface area contributed by atoms with Gasteiger partial charge in [-0.3, -0.25) is 4.79 Å². The number of hydrogen-bond acceptors (Lipinski definition) is 2. The van der Waals surface area contributed by atoms with Crippen molar-refractivity contribution in [1.82, 2.24) is 5.32 Å². The molecular weight excluding hydrogens is 248 g/mol. The van der Waals surface area contributed by atoms with E-state index in [1.165, 1.54) is 44.9 Å². The highest BCUT2D eigenvalue weighted by molar-refractivity contribution is 5.79. The number of amides is 1. The van der Waals surface area contributed by atoms with Crippen molar-refractivity contribution in [3.05, 3.63) is 0 Å². The van der Waals surface area contributed by atoms with Crippen LogP contribution < -0.4 is 11.1 Å². The van der Waals surface area contributed by atoms with Crippen LogP contribution in [0, 0.1) is 11.8 Å². The predicted molar refractivity (Wildman–Crippen MR) is 83.3 cm³/mol. The predicted octanol–water partition coefficient (Wildman–Crippen LogP) is 3.37. The Kier molecular flexibility index (Phi) is 6.34. The van der Waals surface area contributed by atoms with Crippen LogP contribution in [0.2, 0.25) is 0 Å². The summed E-state index contributed by atoms with van der Waals surface area (Å²) in [6.45, 7) is 2.10. The highest BCUT2D eigenvalue weighted by atomic mass is 16.1. The molecule has 0 heterocycles. The molecule has 116 valence electrons. The maximum absolute atomic E-state index is 12.4. The second kappa shape index (κ2) is 8.02. The minimum atomic E-state index is 0.246. The molecule has 0 aliphatic heterocycles. The van der Waals surface area contributed by atoms with Gasteiger partial charge >= 0.3 is 0 Å². The fourth-order valence-corrected chi connectivity index (χ4v) is 3.83. The molecule has 2 aliphatic carbocycles. The lowest BCUT2D eigenvalue weighted by atomic mass is 9.78. The van der Waals surface area contributed by atoms with E-state index in [1.54, 1.807) is 0 Å². The van der Waals surface area contributed by atoms with Crippen molar-refractivity contribution in [2.75, 3.05) is 0 Å². The van der Waals surface area contributed by atoms with Gasteiger partial charge in [-0.1, -0.05) is 32.1 Å². The van der Waals surface area contributed by atoms with Crippen molar-refractivity contribution in [2.24, 2.45) is 17.6 Å². The number of carbonyl (C=O) groups is 1. The van der Waals surface area contributed by atoms with Gasteiger partial charge in [-0.25, -0.2) is 0 Å². The Bertz CT molecular complexity index is 287. The third-order valence-electron chi connectivity index (χ3n) is 5.34. The van der Waals surface area contributed by atoms with E-state index in [0.717, 1.165) is 25.7 Å². The molecule has 3 N–H and O–H groups in total. The summed E-state index contributed by atoms with van der Waals surface area (Å²) in [4.78, 5) is 12.4. The largest absolute Gasteiger partial charge is 0.353 e.